The first-order valence-electron chi connectivity index (χ1n) is 11.5. The highest BCUT2D eigenvalue weighted by Crippen LogP contribution is 2.30. The molecule has 2 fully saturated rings. The lowest BCUT2D eigenvalue weighted by Crippen LogP contribution is -2.58. The van der Waals surface area contributed by atoms with Crippen molar-refractivity contribution >= 4 is 44.0 Å². The Hall–Kier alpha value is -2.90. The standard InChI is InChI=1S/C22H27N5O6S2/c28-20-15-25(35(32,33)18-8-4-7-17(14-18)27(30)31)10-11-26(20)19(13-16-5-2-1-3-6-16)21(29)24-22-23-9-12-34-22/h4,7-9,12,14,16,19H,1-3,5-6,10-11,13,15H2,(H,23,24,29). The molecule has 2 aliphatic rings. The maximum atomic E-state index is 13.2. The summed E-state index contributed by atoms with van der Waals surface area (Å²) in [6.45, 7) is -0.394. The number of nitrogens with zero attached hydrogens (tertiary/aromatic N) is 4. The van der Waals surface area contributed by atoms with Gasteiger partial charge in [-0.25, -0.2) is 13.4 Å². The number of amides is 2. The summed E-state index contributed by atoms with van der Waals surface area (Å²) in [6.07, 6.45) is 7.44. The van der Waals surface area contributed by atoms with Crippen molar-refractivity contribution in [3.05, 3.63) is 46.0 Å². The third-order valence-corrected chi connectivity index (χ3v) is 9.04. The molecule has 1 aliphatic carbocycles. The second-order valence-corrected chi connectivity index (χ2v) is 11.6. The fourth-order valence-corrected chi connectivity index (χ4v) is 6.65. The van der Waals surface area contributed by atoms with Crippen molar-refractivity contribution < 1.29 is 22.9 Å². The molecule has 2 heterocycles. The van der Waals surface area contributed by atoms with Crippen LogP contribution in [0.25, 0.3) is 0 Å². The van der Waals surface area contributed by atoms with Crippen molar-refractivity contribution in [2.75, 3.05) is 25.0 Å². The summed E-state index contributed by atoms with van der Waals surface area (Å²) >= 11 is 1.28. The van der Waals surface area contributed by atoms with Crippen LogP contribution in [0, 0.1) is 16.0 Å². The minimum atomic E-state index is -4.12. The molecule has 1 aromatic carbocycles. The Morgan fingerprint density at radius 1 is 1.26 bits per heavy atom. The first-order valence-corrected chi connectivity index (χ1v) is 13.8. The minimum Gasteiger partial charge on any atom is -0.328 e. The Kier molecular flexibility index (Phi) is 7.77. The number of carbonyl (C=O) groups is 2. The molecule has 0 spiro atoms. The van der Waals surface area contributed by atoms with Crippen molar-refractivity contribution in [3.8, 4) is 0 Å². The SMILES string of the molecule is O=C(Nc1nccs1)C(CC1CCCCC1)N1CCN(S(=O)(=O)c2cccc([N+](=O)[O-])c2)CC1=O. The van der Waals surface area contributed by atoms with Crippen LogP contribution in [0.1, 0.15) is 38.5 Å². The number of non-ortho nitro benzene ring substituents is 1. The minimum absolute atomic E-state index is 0.0114. The van der Waals surface area contributed by atoms with Crippen LogP contribution in [0.4, 0.5) is 10.8 Å². The first kappa shape index (κ1) is 25.2. The number of hydrogen-bond acceptors (Lipinski definition) is 8. The monoisotopic (exact) mass is 521 g/mol. The quantitative estimate of drug-likeness (QED) is 0.416. The van der Waals surface area contributed by atoms with E-state index in [0.29, 0.717) is 17.5 Å². The zero-order valence-electron chi connectivity index (χ0n) is 19.0. The number of piperazine rings is 1. The van der Waals surface area contributed by atoms with Gasteiger partial charge in [-0.05, 0) is 18.4 Å². The Labute approximate surface area is 207 Å². The first-order chi connectivity index (χ1) is 16.8. The average molecular weight is 522 g/mol. The average Bonchev–Trinajstić information content (AvgIpc) is 3.36. The van der Waals surface area contributed by atoms with Crippen molar-refractivity contribution in [1.82, 2.24) is 14.2 Å². The van der Waals surface area contributed by atoms with Crippen LogP contribution < -0.4 is 5.32 Å². The molecule has 1 unspecified atom stereocenters. The molecule has 0 bridgehead atoms. The molecule has 35 heavy (non-hydrogen) atoms. The summed E-state index contributed by atoms with van der Waals surface area (Å²) in [5, 5.41) is 16.0. The van der Waals surface area contributed by atoms with Crippen molar-refractivity contribution in [1.29, 1.82) is 0 Å². The second-order valence-electron chi connectivity index (χ2n) is 8.76. The van der Waals surface area contributed by atoms with Gasteiger partial charge in [0.2, 0.25) is 21.8 Å². The molecule has 1 N–H and O–H groups in total. The number of sulfonamides is 1. The molecule has 2 amide bonds. The Morgan fingerprint density at radius 2 is 2.03 bits per heavy atom. The molecule has 13 heteroatoms. The Balaban J connectivity index is 1.51. The number of rotatable bonds is 8. The number of nitrogens with one attached hydrogen (secondary N) is 1. The third kappa shape index (κ3) is 5.85. The smallest absolute Gasteiger partial charge is 0.270 e. The largest absolute Gasteiger partial charge is 0.328 e. The van der Waals surface area contributed by atoms with E-state index in [4.69, 9.17) is 0 Å². The fourth-order valence-electron chi connectivity index (χ4n) is 4.69. The summed E-state index contributed by atoms with van der Waals surface area (Å²) in [7, 11) is -4.12. The van der Waals surface area contributed by atoms with Crippen molar-refractivity contribution in [2.45, 2.75) is 49.5 Å². The predicted octanol–water partition coefficient (Wildman–Crippen LogP) is 2.86. The molecule has 11 nitrogen and oxygen atoms in total. The highest BCUT2D eigenvalue weighted by Gasteiger charge is 2.39. The van der Waals surface area contributed by atoms with Gasteiger partial charge in [-0.3, -0.25) is 19.7 Å². The van der Waals surface area contributed by atoms with Gasteiger partial charge in [-0.1, -0.05) is 38.2 Å². The Bertz CT molecular complexity index is 1180. The zero-order valence-corrected chi connectivity index (χ0v) is 20.7. The van der Waals surface area contributed by atoms with Crippen LogP contribution in [0.15, 0.2) is 40.7 Å². The molecule has 1 saturated carbocycles. The van der Waals surface area contributed by atoms with Crippen molar-refractivity contribution in [2.24, 2.45) is 5.92 Å². The number of nitro benzene ring substituents is 1. The van der Waals surface area contributed by atoms with Crippen LogP contribution in [0.3, 0.4) is 0 Å². The van der Waals surface area contributed by atoms with E-state index in [2.05, 4.69) is 10.3 Å². The third-order valence-electron chi connectivity index (χ3n) is 6.51. The van der Waals surface area contributed by atoms with Gasteiger partial charge in [-0.15, -0.1) is 11.3 Å². The maximum Gasteiger partial charge on any atom is 0.270 e. The molecule has 188 valence electrons. The van der Waals surface area contributed by atoms with Gasteiger partial charge >= 0.3 is 0 Å². The lowest BCUT2D eigenvalue weighted by molar-refractivity contribution is -0.385. The molecule has 1 aromatic heterocycles. The van der Waals surface area contributed by atoms with Crippen LogP contribution in [-0.4, -0.2) is 65.0 Å². The number of hydrogen-bond donors (Lipinski definition) is 1. The van der Waals surface area contributed by atoms with E-state index in [1.54, 1.807) is 11.6 Å². The van der Waals surface area contributed by atoms with Crippen LogP contribution >= 0.6 is 11.3 Å². The van der Waals surface area contributed by atoms with Gasteiger partial charge < -0.3 is 10.2 Å². The van der Waals surface area contributed by atoms with Gasteiger partial charge in [0.05, 0.1) is 16.4 Å². The highest BCUT2D eigenvalue weighted by molar-refractivity contribution is 7.89. The number of benzene rings is 1. The molecule has 1 saturated heterocycles. The fraction of sp³-hybridized carbons (Fsp3) is 0.500. The molecule has 1 atom stereocenters. The number of thiazole rings is 1. The number of aromatic nitrogens is 1. The van der Waals surface area contributed by atoms with Gasteiger partial charge in [0.25, 0.3) is 5.69 Å². The zero-order chi connectivity index (χ0) is 25.0. The summed E-state index contributed by atoms with van der Waals surface area (Å²) in [6, 6.07) is 4.04. The summed E-state index contributed by atoms with van der Waals surface area (Å²) in [5.41, 5.74) is -0.345. The molecular formula is C22H27N5O6S2. The summed E-state index contributed by atoms with van der Waals surface area (Å²) in [4.78, 5) is 42.1. The topological polar surface area (TPSA) is 143 Å². The van der Waals surface area contributed by atoms with Crippen LogP contribution in [0.2, 0.25) is 0 Å². The molecule has 0 radical (unpaired) electrons. The lowest BCUT2D eigenvalue weighted by Gasteiger charge is -2.39. The van der Waals surface area contributed by atoms with Gasteiger partial charge in [0.1, 0.15) is 6.04 Å². The van der Waals surface area contributed by atoms with Crippen LogP contribution in [-0.2, 0) is 19.6 Å². The van der Waals surface area contributed by atoms with E-state index in [9.17, 15) is 28.1 Å². The van der Waals surface area contributed by atoms with E-state index in [1.165, 1.54) is 40.9 Å². The number of anilines is 1. The van der Waals surface area contributed by atoms with Crippen molar-refractivity contribution in [3.63, 3.8) is 0 Å². The summed E-state index contributed by atoms with van der Waals surface area (Å²) < 4.78 is 27.2. The summed E-state index contributed by atoms with van der Waals surface area (Å²) in [5.74, 6) is -0.482. The van der Waals surface area contributed by atoms with E-state index in [-0.39, 0.29) is 29.6 Å². The van der Waals surface area contributed by atoms with Gasteiger partial charge in [0, 0.05) is 36.8 Å². The molecule has 1 aliphatic heterocycles. The lowest BCUT2D eigenvalue weighted by atomic mass is 9.84. The van der Waals surface area contributed by atoms with E-state index < -0.39 is 33.4 Å². The maximum absolute atomic E-state index is 13.2. The molecule has 4 rings (SSSR count). The van der Waals surface area contributed by atoms with Gasteiger partial charge in [-0.2, -0.15) is 4.31 Å². The molecule has 2 aromatic rings. The second kappa shape index (κ2) is 10.8. The van der Waals surface area contributed by atoms with E-state index in [1.807, 2.05) is 0 Å². The van der Waals surface area contributed by atoms with E-state index in [0.717, 1.165) is 36.1 Å². The number of nitro groups is 1. The van der Waals surface area contributed by atoms with Crippen LogP contribution in [0.5, 0.6) is 0 Å². The van der Waals surface area contributed by atoms with E-state index >= 15 is 0 Å². The predicted molar refractivity (Wildman–Crippen MR) is 129 cm³/mol. The highest BCUT2D eigenvalue weighted by atomic mass is 32.2. The molecular weight excluding hydrogens is 494 g/mol. The Morgan fingerprint density at radius 3 is 2.69 bits per heavy atom. The number of carbonyl (C=O) groups excluding carboxylic acids is 2. The normalized spacial score (nSPS) is 18.9. The van der Waals surface area contributed by atoms with Gasteiger partial charge in [0.15, 0.2) is 5.13 Å².